The van der Waals surface area contributed by atoms with E-state index in [1.165, 1.54) is 0 Å². The van der Waals surface area contributed by atoms with E-state index in [9.17, 15) is 0 Å². The van der Waals surface area contributed by atoms with Crippen molar-refractivity contribution in [1.82, 2.24) is 29.5 Å². The quantitative estimate of drug-likeness (QED) is 0.470. The lowest BCUT2D eigenvalue weighted by Crippen LogP contribution is -2.57. The van der Waals surface area contributed by atoms with Crippen LogP contribution in [0.5, 0.6) is 5.75 Å². The molecule has 2 bridgehead atoms. The predicted molar refractivity (Wildman–Crippen MR) is 133 cm³/mol. The van der Waals surface area contributed by atoms with Gasteiger partial charge in [-0.25, -0.2) is 9.50 Å². The zero-order valence-electron chi connectivity index (χ0n) is 20.2. The molecule has 0 spiro atoms. The third kappa shape index (κ3) is 4.44. The summed E-state index contributed by atoms with van der Waals surface area (Å²) >= 11 is 0. The van der Waals surface area contributed by atoms with Crippen LogP contribution in [0.2, 0.25) is 0 Å². The molecule has 0 aromatic carbocycles. The van der Waals surface area contributed by atoms with Crippen molar-refractivity contribution in [2.24, 2.45) is 0 Å². The summed E-state index contributed by atoms with van der Waals surface area (Å²) in [5, 5.41) is 7.84. The average molecular weight is 472 g/mol. The minimum absolute atomic E-state index is 0.151. The molecule has 35 heavy (non-hydrogen) atoms. The Bertz CT molecular complexity index is 1340. The molecule has 1 N–H and O–H groups in total. The van der Waals surface area contributed by atoms with E-state index in [1.807, 2.05) is 36.8 Å². The molecule has 4 aromatic rings. The molecule has 4 aromatic heterocycles. The largest absolute Gasteiger partial charge is 0.488 e. The van der Waals surface area contributed by atoms with Crippen LogP contribution in [0.4, 0.5) is 11.6 Å². The Labute approximate surface area is 204 Å². The Kier molecular flexibility index (Phi) is 5.58. The van der Waals surface area contributed by atoms with Crippen LogP contribution in [0.25, 0.3) is 16.6 Å². The van der Waals surface area contributed by atoms with Gasteiger partial charge in [-0.05, 0) is 44.7 Å². The number of pyridine rings is 2. The minimum Gasteiger partial charge on any atom is -0.488 e. The number of hydrogen-bond acceptors (Lipinski definition) is 8. The zero-order valence-corrected chi connectivity index (χ0v) is 20.2. The molecule has 180 valence electrons. The van der Waals surface area contributed by atoms with Gasteiger partial charge in [-0.3, -0.25) is 14.9 Å². The first-order valence-corrected chi connectivity index (χ1v) is 12.0. The van der Waals surface area contributed by atoms with Crippen molar-refractivity contribution in [2.45, 2.75) is 44.9 Å². The normalized spacial score (nSPS) is 22.3. The fourth-order valence-corrected chi connectivity index (χ4v) is 5.00. The maximum Gasteiger partial charge on any atom is 0.154 e. The molecule has 0 saturated carbocycles. The van der Waals surface area contributed by atoms with Crippen LogP contribution in [0.1, 0.15) is 24.2 Å². The van der Waals surface area contributed by atoms with Crippen molar-refractivity contribution in [3.8, 4) is 16.9 Å². The molecule has 2 aliphatic rings. The van der Waals surface area contributed by atoms with E-state index in [0.717, 1.165) is 59.8 Å². The molecular formula is C26H29N7O2. The second kappa shape index (κ2) is 8.90. The molecule has 3 atom stereocenters. The SMILES string of the molecule is Cc1cnc(Nc2cc3cc(-c4cc(C)ncc4OC4C[C@H]5COC[C@@H](C4)N5C)ccn3n2)cn1. The first kappa shape index (κ1) is 21.9. The summed E-state index contributed by atoms with van der Waals surface area (Å²) in [6, 6.07) is 9.09. The maximum atomic E-state index is 6.59. The van der Waals surface area contributed by atoms with Crippen molar-refractivity contribution >= 4 is 17.2 Å². The summed E-state index contributed by atoms with van der Waals surface area (Å²) < 4.78 is 14.2. The van der Waals surface area contributed by atoms with E-state index < -0.39 is 0 Å². The fraction of sp³-hybridized carbons (Fsp3) is 0.385. The van der Waals surface area contributed by atoms with Crippen LogP contribution in [0.15, 0.2) is 49.1 Å². The number of nitrogens with zero attached hydrogens (tertiary/aromatic N) is 6. The van der Waals surface area contributed by atoms with E-state index in [1.54, 1.807) is 12.4 Å². The Balaban J connectivity index is 1.27. The highest BCUT2D eigenvalue weighted by atomic mass is 16.5. The third-order valence-electron chi connectivity index (χ3n) is 6.95. The summed E-state index contributed by atoms with van der Waals surface area (Å²) in [5.74, 6) is 2.19. The van der Waals surface area contributed by atoms with Crippen molar-refractivity contribution in [2.75, 3.05) is 25.6 Å². The van der Waals surface area contributed by atoms with Crippen molar-refractivity contribution < 1.29 is 9.47 Å². The summed E-state index contributed by atoms with van der Waals surface area (Å²) in [6.45, 7) is 5.46. The number of hydrogen-bond donors (Lipinski definition) is 1. The molecule has 9 nitrogen and oxygen atoms in total. The number of likely N-dealkylation sites (N-methyl/N-ethyl adjacent to an activating group) is 1. The maximum absolute atomic E-state index is 6.59. The molecule has 9 heteroatoms. The first-order chi connectivity index (χ1) is 17.0. The molecule has 6 heterocycles. The van der Waals surface area contributed by atoms with Crippen LogP contribution in [0.3, 0.4) is 0 Å². The number of morpholine rings is 1. The highest BCUT2D eigenvalue weighted by molar-refractivity contribution is 5.75. The van der Waals surface area contributed by atoms with Gasteiger partial charge >= 0.3 is 0 Å². The number of ether oxygens (including phenoxy) is 2. The van der Waals surface area contributed by atoms with Gasteiger partial charge < -0.3 is 14.8 Å². The summed E-state index contributed by atoms with van der Waals surface area (Å²) in [6.07, 6.45) is 9.33. The molecule has 2 fully saturated rings. The number of fused-ring (bicyclic) bond motifs is 3. The van der Waals surface area contributed by atoms with Crippen LogP contribution in [0, 0.1) is 13.8 Å². The van der Waals surface area contributed by atoms with Gasteiger partial charge in [0.2, 0.25) is 0 Å². The minimum atomic E-state index is 0.151. The van der Waals surface area contributed by atoms with E-state index in [-0.39, 0.29) is 6.10 Å². The van der Waals surface area contributed by atoms with Gasteiger partial charge in [0, 0.05) is 48.4 Å². The highest BCUT2D eigenvalue weighted by Crippen LogP contribution is 2.35. The number of piperidine rings is 1. The van der Waals surface area contributed by atoms with Crippen LogP contribution < -0.4 is 10.1 Å². The second-order valence-electron chi connectivity index (χ2n) is 9.53. The summed E-state index contributed by atoms with van der Waals surface area (Å²) in [4.78, 5) is 15.6. The second-order valence-corrected chi connectivity index (χ2v) is 9.53. The topological polar surface area (TPSA) is 89.7 Å². The Morgan fingerprint density at radius 1 is 0.943 bits per heavy atom. The van der Waals surface area contributed by atoms with Gasteiger partial charge in [0.25, 0.3) is 0 Å². The predicted octanol–water partition coefficient (Wildman–Crippen LogP) is 3.79. The molecule has 0 amide bonds. The smallest absolute Gasteiger partial charge is 0.154 e. The monoisotopic (exact) mass is 471 g/mol. The van der Waals surface area contributed by atoms with Gasteiger partial charge in [0.15, 0.2) is 5.82 Å². The summed E-state index contributed by atoms with van der Waals surface area (Å²) in [7, 11) is 2.20. The highest BCUT2D eigenvalue weighted by Gasteiger charge is 2.38. The van der Waals surface area contributed by atoms with Crippen molar-refractivity contribution in [1.29, 1.82) is 0 Å². The van der Waals surface area contributed by atoms with Crippen molar-refractivity contribution in [3.05, 3.63) is 60.4 Å². The summed E-state index contributed by atoms with van der Waals surface area (Å²) in [5.41, 5.74) is 4.90. The molecule has 2 saturated heterocycles. The van der Waals surface area contributed by atoms with Crippen LogP contribution in [-0.2, 0) is 4.74 Å². The molecule has 0 aliphatic carbocycles. The van der Waals surface area contributed by atoms with E-state index in [4.69, 9.17) is 9.47 Å². The van der Waals surface area contributed by atoms with Gasteiger partial charge in [0.05, 0.1) is 43.0 Å². The number of rotatable bonds is 5. The first-order valence-electron chi connectivity index (χ1n) is 12.0. The number of aromatic nitrogens is 5. The number of aryl methyl sites for hydroxylation is 2. The van der Waals surface area contributed by atoms with E-state index >= 15 is 0 Å². The molecule has 6 rings (SSSR count). The third-order valence-corrected chi connectivity index (χ3v) is 6.95. The molecule has 0 radical (unpaired) electrons. The number of nitrogens with one attached hydrogen (secondary N) is 1. The van der Waals surface area contributed by atoms with Gasteiger partial charge in [-0.15, -0.1) is 0 Å². The van der Waals surface area contributed by atoms with Gasteiger partial charge in [-0.2, -0.15) is 5.10 Å². The van der Waals surface area contributed by atoms with Crippen LogP contribution >= 0.6 is 0 Å². The van der Waals surface area contributed by atoms with Crippen LogP contribution in [-0.4, -0.2) is 67.9 Å². The Hall–Kier alpha value is -3.56. The van der Waals surface area contributed by atoms with E-state index in [0.29, 0.717) is 23.7 Å². The standard InChI is InChI=1S/C26H29N7O2/c1-16-6-23(24(12-27-16)35-22-8-20-14-34-15-21(9-22)32(20)3)18-4-5-33-19(7-18)10-25(31-33)30-26-13-28-17(2)11-29-26/h4-7,10-13,20-22H,8-9,14-15H2,1-3H3,(H,29,30,31)/t20-,21+,22?. The lowest BCUT2D eigenvalue weighted by atomic mass is 9.92. The van der Waals surface area contributed by atoms with Gasteiger partial charge in [0.1, 0.15) is 17.7 Å². The Morgan fingerprint density at radius 2 is 1.74 bits per heavy atom. The fourth-order valence-electron chi connectivity index (χ4n) is 5.00. The van der Waals surface area contributed by atoms with E-state index in [2.05, 4.69) is 55.5 Å². The van der Waals surface area contributed by atoms with Gasteiger partial charge in [-0.1, -0.05) is 0 Å². The molecule has 2 aliphatic heterocycles. The molecule has 1 unspecified atom stereocenters. The number of anilines is 2. The lowest BCUT2D eigenvalue weighted by molar-refractivity contribution is -0.0879. The Morgan fingerprint density at radius 3 is 2.51 bits per heavy atom. The average Bonchev–Trinajstić information content (AvgIpc) is 3.24. The molecular weight excluding hydrogens is 442 g/mol. The van der Waals surface area contributed by atoms with Crippen molar-refractivity contribution in [3.63, 3.8) is 0 Å². The zero-order chi connectivity index (χ0) is 23.9. The lowest BCUT2D eigenvalue weighted by Gasteiger charge is -2.46.